The van der Waals surface area contributed by atoms with Gasteiger partial charge in [-0.3, -0.25) is 4.79 Å². The highest BCUT2D eigenvalue weighted by molar-refractivity contribution is 7.90. The topological polar surface area (TPSA) is 108 Å². The molecule has 0 radical (unpaired) electrons. The number of hydrogen-bond acceptors (Lipinski definition) is 5. The van der Waals surface area contributed by atoms with Crippen molar-refractivity contribution in [1.29, 1.82) is 0 Å². The number of sulfone groups is 1. The fourth-order valence-electron chi connectivity index (χ4n) is 6.34. The minimum atomic E-state index is -3.16. The van der Waals surface area contributed by atoms with Crippen LogP contribution in [-0.4, -0.2) is 56.4 Å². The fraction of sp³-hybridized carbons (Fsp3) is 0.500. The molecule has 3 amide bonds. The number of nitrogens with one attached hydrogen (secondary N) is 3. The summed E-state index contributed by atoms with van der Waals surface area (Å²) in [6, 6.07) is 18.2. The van der Waals surface area contributed by atoms with Crippen molar-refractivity contribution >= 4 is 27.5 Å². The molecule has 2 aromatic rings. The number of para-hydroxylation sites is 1. The fourth-order valence-corrected chi connectivity index (χ4v) is 6.82. The number of amides is 3. The molecule has 8 nitrogen and oxygen atoms in total. The van der Waals surface area contributed by atoms with Crippen LogP contribution in [0.5, 0.6) is 0 Å². The monoisotopic (exact) mass is 524 g/mol. The number of nitrogens with zero attached hydrogens (tertiary/aromatic N) is 1. The van der Waals surface area contributed by atoms with Crippen LogP contribution in [0.2, 0.25) is 0 Å². The zero-order chi connectivity index (χ0) is 26.0. The Bertz CT molecular complexity index is 1240. The van der Waals surface area contributed by atoms with Crippen LogP contribution in [0.1, 0.15) is 55.3 Å². The first-order chi connectivity index (χ1) is 17.8. The summed E-state index contributed by atoms with van der Waals surface area (Å²) in [4.78, 5) is 28.7. The van der Waals surface area contributed by atoms with Gasteiger partial charge in [-0.05, 0) is 36.5 Å². The number of benzene rings is 2. The van der Waals surface area contributed by atoms with Gasteiger partial charge in [-0.1, -0.05) is 61.4 Å². The number of likely N-dealkylation sites (tertiary alicyclic amines) is 1. The Balaban J connectivity index is 1.35. The molecule has 0 bridgehead atoms. The van der Waals surface area contributed by atoms with Crippen LogP contribution in [0.4, 0.5) is 10.5 Å². The summed E-state index contributed by atoms with van der Waals surface area (Å²) in [5, 5.41) is 9.36. The Hall–Kier alpha value is -3.07. The van der Waals surface area contributed by atoms with Gasteiger partial charge in [-0.15, -0.1) is 0 Å². The van der Waals surface area contributed by atoms with Gasteiger partial charge >= 0.3 is 6.03 Å². The molecule has 1 saturated carbocycles. The van der Waals surface area contributed by atoms with E-state index < -0.39 is 15.9 Å². The Morgan fingerprint density at radius 3 is 2.51 bits per heavy atom. The lowest BCUT2D eigenvalue weighted by Gasteiger charge is -2.42. The number of anilines is 1. The van der Waals surface area contributed by atoms with Crippen molar-refractivity contribution < 1.29 is 18.0 Å². The number of carbonyl (C=O) groups excluding carboxylic acids is 2. The van der Waals surface area contributed by atoms with E-state index in [0.717, 1.165) is 49.6 Å². The number of fused-ring (bicyclic) bond motifs is 3. The van der Waals surface area contributed by atoms with Crippen molar-refractivity contribution in [3.63, 3.8) is 0 Å². The SMILES string of the molecule is CS(=O)(=O)CCNC(=O)N[C@@H]1CCCC[C@@H]1C(=O)N1CC[C@H]2[C@H](c3ccccc3)Nc3ccccc3[C@@H]21. The molecule has 37 heavy (non-hydrogen) atoms. The molecule has 2 fully saturated rings. The summed E-state index contributed by atoms with van der Waals surface area (Å²) in [6.07, 6.45) is 5.44. The largest absolute Gasteiger partial charge is 0.378 e. The standard InChI is InChI=1S/C28H36N4O4S/c1-37(35,36)18-16-29-28(34)31-24-14-8-6-12-21(24)27(33)32-17-15-22-25(19-9-3-2-4-10-19)30-23-13-7-5-11-20(23)26(22)32/h2-5,7,9-11,13,21-22,24-26,30H,6,8,12,14-18H2,1H3,(H2,29,31,34)/t21-,22-,24+,25-,26-/m0/s1. The Labute approximate surface area is 219 Å². The van der Waals surface area contributed by atoms with E-state index >= 15 is 0 Å². The number of hydrogen-bond donors (Lipinski definition) is 3. The van der Waals surface area contributed by atoms with Crippen molar-refractivity contribution in [3.8, 4) is 0 Å². The van der Waals surface area contributed by atoms with E-state index in [1.54, 1.807) is 0 Å². The molecule has 3 aliphatic rings. The maximum Gasteiger partial charge on any atom is 0.315 e. The molecule has 5 atom stereocenters. The third-order valence-corrected chi connectivity index (χ3v) is 9.01. The molecule has 0 unspecified atom stereocenters. The van der Waals surface area contributed by atoms with Crippen LogP contribution in [0.3, 0.4) is 0 Å². The van der Waals surface area contributed by atoms with Crippen LogP contribution < -0.4 is 16.0 Å². The molecule has 2 aliphatic heterocycles. The number of carbonyl (C=O) groups is 2. The smallest absolute Gasteiger partial charge is 0.315 e. The van der Waals surface area contributed by atoms with E-state index in [-0.39, 0.29) is 48.2 Å². The van der Waals surface area contributed by atoms with Crippen molar-refractivity contribution in [3.05, 3.63) is 65.7 Å². The number of rotatable bonds is 6. The van der Waals surface area contributed by atoms with E-state index in [1.807, 2.05) is 18.2 Å². The highest BCUT2D eigenvalue weighted by Gasteiger charge is 2.48. The van der Waals surface area contributed by atoms with E-state index in [9.17, 15) is 18.0 Å². The van der Waals surface area contributed by atoms with E-state index in [0.29, 0.717) is 6.54 Å². The summed E-state index contributed by atoms with van der Waals surface area (Å²) < 4.78 is 22.8. The zero-order valence-electron chi connectivity index (χ0n) is 21.2. The molecular formula is C28H36N4O4S. The van der Waals surface area contributed by atoms with E-state index in [1.165, 1.54) is 5.56 Å². The number of urea groups is 1. The first-order valence-electron chi connectivity index (χ1n) is 13.2. The van der Waals surface area contributed by atoms with Gasteiger partial charge in [0.25, 0.3) is 0 Å². The maximum absolute atomic E-state index is 14.1. The summed E-state index contributed by atoms with van der Waals surface area (Å²) in [5.74, 6) is -0.0292. The highest BCUT2D eigenvalue weighted by atomic mass is 32.2. The van der Waals surface area contributed by atoms with Gasteiger partial charge in [0.15, 0.2) is 0 Å². The average Bonchev–Trinajstić information content (AvgIpc) is 3.33. The first-order valence-corrected chi connectivity index (χ1v) is 15.3. The molecule has 0 spiro atoms. The van der Waals surface area contributed by atoms with Crippen molar-refractivity contribution in [1.82, 2.24) is 15.5 Å². The summed E-state index contributed by atoms with van der Waals surface area (Å²) in [5.41, 5.74) is 3.45. The van der Waals surface area contributed by atoms with Crippen molar-refractivity contribution in [2.75, 3.05) is 30.4 Å². The molecule has 5 rings (SSSR count). The first kappa shape index (κ1) is 25.6. The summed E-state index contributed by atoms with van der Waals surface area (Å²) >= 11 is 0. The molecule has 1 aliphatic carbocycles. The molecule has 3 N–H and O–H groups in total. The molecule has 198 valence electrons. The second kappa shape index (κ2) is 10.7. The molecule has 2 heterocycles. The van der Waals surface area contributed by atoms with E-state index in [4.69, 9.17) is 0 Å². The predicted octanol–water partition coefficient (Wildman–Crippen LogP) is 3.65. The third kappa shape index (κ3) is 5.61. The van der Waals surface area contributed by atoms with Crippen LogP contribution >= 0.6 is 0 Å². The summed E-state index contributed by atoms with van der Waals surface area (Å²) in [7, 11) is -3.16. The normalized spacial score (nSPS) is 26.9. The second-order valence-corrected chi connectivity index (χ2v) is 12.8. The average molecular weight is 525 g/mol. The second-order valence-electron chi connectivity index (χ2n) is 10.6. The lowest BCUT2D eigenvalue weighted by molar-refractivity contribution is -0.138. The quantitative estimate of drug-likeness (QED) is 0.535. The zero-order valence-corrected chi connectivity index (χ0v) is 22.0. The lowest BCUT2D eigenvalue weighted by Crippen LogP contribution is -2.52. The van der Waals surface area contributed by atoms with Crippen LogP contribution in [0.25, 0.3) is 0 Å². The highest BCUT2D eigenvalue weighted by Crippen LogP contribution is 2.51. The van der Waals surface area contributed by atoms with Gasteiger partial charge < -0.3 is 20.9 Å². The molecule has 0 aromatic heterocycles. The molecule has 9 heteroatoms. The van der Waals surface area contributed by atoms with Gasteiger partial charge in [0.2, 0.25) is 5.91 Å². The Kier molecular flexibility index (Phi) is 7.42. The lowest BCUT2D eigenvalue weighted by atomic mass is 9.79. The van der Waals surface area contributed by atoms with Gasteiger partial charge in [0.1, 0.15) is 9.84 Å². The van der Waals surface area contributed by atoms with Gasteiger partial charge in [-0.25, -0.2) is 13.2 Å². The Morgan fingerprint density at radius 1 is 1.00 bits per heavy atom. The van der Waals surface area contributed by atoms with Crippen molar-refractivity contribution in [2.45, 2.75) is 50.2 Å². The van der Waals surface area contributed by atoms with Gasteiger partial charge in [0.05, 0.1) is 23.8 Å². The molecular weight excluding hydrogens is 488 g/mol. The maximum atomic E-state index is 14.1. The van der Waals surface area contributed by atoms with Crippen LogP contribution in [0, 0.1) is 11.8 Å². The van der Waals surface area contributed by atoms with Gasteiger partial charge in [-0.2, -0.15) is 0 Å². The Morgan fingerprint density at radius 2 is 1.73 bits per heavy atom. The van der Waals surface area contributed by atoms with Crippen LogP contribution in [0.15, 0.2) is 54.6 Å². The van der Waals surface area contributed by atoms with Crippen molar-refractivity contribution in [2.24, 2.45) is 11.8 Å². The molecule has 1 saturated heterocycles. The minimum absolute atomic E-state index is 0.0127. The molecule has 2 aromatic carbocycles. The predicted molar refractivity (Wildman–Crippen MR) is 144 cm³/mol. The van der Waals surface area contributed by atoms with Gasteiger partial charge in [0, 0.05) is 37.0 Å². The van der Waals surface area contributed by atoms with E-state index in [2.05, 4.69) is 57.2 Å². The minimum Gasteiger partial charge on any atom is -0.378 e. The third-order valence-electron chi connectivity index (χ3n) is 8.06. The summed E-state index contributed by atoms with van der Waals surface area (Å²) in [6.45, 7) is 0.744. The van der Waals surface area contributed by atoms with Crippen LogP contribution in [-0.2, 0) is 14.6 Å².